The fraction of sp³-hybridized carbons (Fsp3) is 0.412. The standard InChI is InChI=1S/C34H39F2N5O5S/c1-4-26-30(39-47(43,44)41-16-13-24(35)20-41)10-9-29(36)31(26)32(42)28-19-38-33-27(28)17-23(18-37-33)21-5-7-25(8-6-21)40-14-11-22(12-15-40)34(45-2)46-3/h5-10,17-19,22,24,34,39H,4,11-16,20H2,1-3H3,(H,37,38)/t24-/m1/s1. The molecule has 2 saturated heterocycles. The van der Waals surface area contributed by atoms with E-state index in [9.17, 15) is 17.6 Å². The van der Waals surface area contributed by atoms with Gasteiger partial charge in [0, 0.05) is 80.9 Å². The van der Waals surface area contributed by atoms with Crippen LogP contribution in [0.3, 0.4) is 0 Å². The van der Waals surface area contributed by atoms with Crippen molar-refractivity contribution < 1.29 is 31.5 Å². The number of halogens is 2. The van der Waals surface area contributed by atoms with Gasteiger partial charge in [0.05, 0.1) is 11.3 Å². The molecule has 13 heteroatoms. The Balaban J connectivity index is 1.25. The number of alkyl halides is 1. The maximum absolute atomic E-state index is 15.4. The van der Waals surface area contributed by atoms with Gasteiger partial charge < -0.3 is 19.4 Å². The SMILES string of the molecule is CCc1c(NS(=O)(=O)N2CC[C@@H](F)C2)ccc(F)c1C(=O)c1c[nH]c2ncc(-c3ccc(N4CCC(C(OC)OC)CC4)cc3)cc12. The number of anilines is 2. The van der Waals surface area contributed by atoms with Crippen LogP contribution in [0, 0.1) is 11.7 Å². The summed E-state index contributed by atoms with van der Waals surface area (Å²) in [5.41, 5.74) is 3.56. The molecule has 10 nitrogen and oxygen atoms in total. The molecule has 2 fully saturated rings. The second kappa shape index (κ2) is 13.7. The number of rotatable bonds is 11. The average molecular weight is 668 g/mol. The van der Waals surface area contributed by atoms with Crippen LogP contribution >= 0.6 is 0 Å². The van der Waals surface area contributed by atoms with Crippen molar-refractivity contribution in [2.75, 3.05) is 50.0 Å². The first kappa shape index (κ1) is 33.0. The molecule has 2 aliphatic rings. The van der Waals surface area contributed by atoms with Crippen molar-refractivity contribution in [1.29, 1.82) is 0 Å². The van der Waals surface area contributed by atoms with Gasteiger partial charge in [-0.25, -0.2) is 13.8 Å². The molecule has 2 aromatic heterocycles. The van der Waals surface area contributed by atoms with Gasteiger partial charge in [-0.1, -0.05) is 19.1 Å². The Labute approximate surface area is 273 Å². The second-order valence-electron chi connectivity index (χ2n) is 12.0. The van der Waals surface area contributed by atoms with Crippen LogP contribution in [0.15, 0.2) is 54.9 Å². The summed E-state index contributed by atoms with van der Waals surface area (Å²) < 4.78 is 69.4. The summed E-state index contributed by atoms with van der Waals surface area (Å²) in [4.78, 5) is 23.8. The Bertz CT molecular complexity index is 1850. The van der Waals surface area contributed by atoms with Crippen LogP contribution in [-0.2, 0) is 26.1 Å². The summed E-state index contributed by atoms with van der Waals surface area (Å²) in [5.74, 6) is -1.01. The molecule has 0 unspecified atom stereocenters. The Hall–Kier alpha value is -3.91. The van der Waals surface area contributed by atoms with Gasteiger partial charge in [0.2, 0.25) is 0 Å². The molecule has 1 atom stereocenters. The summed E-state index contributed by atoms with van der Waals surface area (Å²) >= 11 is 0. The van der Waals surface area contributed by atoms with E-state index in [0.29, 0.717) is 17.0 Å². The van der Waals surface area contributed by atoms with E-state index in [1.54, 1.807) is 27.3 Å². The molecule has 0 spiro atoms. The molecular weight excluding hydrogens is 628 g/mol. The van der Waals surface area contributed by atoms with Crippen LogP contribution in [0.1, 0.15) is 47.7 Å². The summed E-state index contributed by atoms with van der Waals surface area (Å²) in [7, 11) is -0.756. The predicted octanol–water partition coefficient (Wildman–Crippen LogP) is 5.70. The van der Waals surface area contributed by atoms with Gasteiger partial charge in [0.25, 0.3) is 0 Å². The highest BCUT2D eigenvalue weighted by atomic mass is 32.2. The first-order chi connectivity index (χ1) is 22.6. The van der Waals surface area contributed by atoms with Gasteiger partial charge >= 0.3 is 10.2 Å². The molecule has 0 amide bonds. The largest absolute Gasteiger partial charge is 0.372 e. The fourth-order valence-electron chi connectivity index (χ4n) is 6.70. The second-order valence-corrected chi connectivity index (χ2v) is 13.7. The van der Waals surface area contributed by atoms with Crippen molar-refractivity contribution >= 4 is 38.4 Å². The van der Waals surface area contributed by atoms with Crippen LogP contribution in [0.2, 0.25) is 0 Å². The zero-order valence-electron chi connectivity index (χ0n) is 26.6. The molecule has 0 aliphatic carbocycles. The van der Waals surface area contributed by atoms with Gasteiger partial charge in [0.15, 0.2) is 12.1 Å². The van der Waals surface area contributed by atoms with Crippen molar-refractivity contribution in [3.63, 3.8) is 0 Å². The monoisotopic (exact) mass is 667 g/mol. The van der Waals surface area contributed by atoms with E-state index in [1.165, 1.54) is 12.3 Å². The number of nitrogens with zero attached hydrogens (tertiary/aromatic N) is 3. The third-order valence-corrected chi connectivity index (χ3v) is 10.7. The Kier molecular flexibility index (Phi) is 9.60. The number of hydrogen-bond donors (Lipinski definition) is 2. The quantitative estimate of drug-likeness (QED) is 0.156. The normalized spacial score (nSPS) is 18.0. The molecule has 4 aromatic rings. The van der Waals surface area contributed by atoms with E-state index < -0.39 is 28.0 Å². The lowest BCUT2D eigenvalue weighted by Gasteiger charge is -2.36. The molecule has 2 N–H and O–H groups in total. The number of aromatic amines is 1. The maximum Gasteiger partial charge on any atom is 0.301 e. The third kappa shape index (κ3) is 6.62. The van der Waals surface area contributed by atoms with E-state index in [1.807, 2.05) is 18.2 Å². The van der Waals surface area contributed by atoms with Gasteiger partial charge in [-0.2, -0.15) is 12.7 Å². The van der Waals surface area contributed by atoms with Gasteiger partial charge in [0.1, 0.15) is 17.6 Å². The summed E-state index contributed by atoms with van der Waals surface area (Å²) in [6, 6.07) is 12.4. The number of carbonyl (C=O) groups excluding carboxylic acids is 1. The Morgan fingerprint density at radius 1 is 1.06 bits per heavy atom. The molecule has 2 aliphatic heterocycles. The third-order valence-electron chi connectivity index (χ3n) is 9.25. The fourth-order valence-corrected chi connectivity index (χ4v) is 8.00. The van der Waals surface area contributed by atoms with Crippen LogP contribution in [0.4, 0.5) is 20.2 Å². The number of benzene rings is 2. The highest BCUT2D eigenvalue weighted by molar-refractivity contribution is 7.90. The van der Waals surface area contributed by atoms with Crippen LogP contribution < -0.4 is 9.62 Å². The summed E-state index contributed by atoms with van der Waals surface area (Å²) in [6.07, 6.45) is 4.00. The first-order valence-corrected chi connectivity index (χ1v) is 17.2. The molecular formula is C34H39F2N5O5S. The van der Waals surface area contributed by atoms with E-state index in [-0.39, 0.29) is 54.6 Å². The zero-order chi connectivity index (χ0) is 33.3. The Morgan fingerprint density at radius 2 is 1.79 bits per heavy atom. The van der Waals surface area contributed by atoms with Gasteiger partial charge in [-0.15, -0.1) is 0 Å². The lowest BCUT2D eigenvalue weighted by atomic mass is 9.94. The summed E-state index contributed by atoms with van der Waals surface area (Å²) in [6.45, 7) is 3.30. The van der Waals surface area contributed by atoms with Crippen molar-refractivity contribution in [2.45, 2.75) is 45.1 Å². The molecule has 2 aromatic carbocycles. The summed E-state index contributed by atoms with van der Waals surface area (Å²) in [5, 5.41) is 0.517. The molecule has 47 heavy (non-hydrogen) atoms. The number of hydrogen-bond acceptors (Lipinski definition) is 7. The number of ketones is 1. The number of nitrogens with one attached hydrogen (secondary N) is 2. The van der Waals surface area contributed by atoms with Crippen molar-refractivity contribution in [3.8, 4) is 11.1 Å². The van der Waals surface area contributed by atoms with Crippen LogP contribution in [-0.4, -0.2) is 81.3 Å². The number of H-pyrrole nitrogens is 1. The number of pyridine rings is 1. The van der Waals surface area contributed by atoms with Gasteiger partial charge in [-0.3, -0.25) is 9.52 Å². The smallest absolute Gasteiger partial charge is 0.301 e. The predicted molar refractivity (Wildman–Crippen MR) is 177 cm³/mol. The molecule has 6 rings (SSSR count). The van der Waals surface area contributed by atoms with Crippen molar-refractivity contribution in [3.05, 3.63) is 77.4 Å². The van der Waals surface area contributed by atoms with E-state index in [0.717, 1.165) is 53.1 Å². The van der Waals surface area contributed by atoms with Crippen molar-refractivity contribution in [1.82, 2.24) is 14.3 Å². The Morgan fingerprint density at radius 3 is 2.43 bits per heavy atom. The highest BCUT2D eigenvalue weighted by Crippen LogP contribution is 2.33. The zero-order valence-corrected chi connectivity index (χ0v) is 27.4. The number of fused-ring (bicyclic) bond motifs is 1. The van der Waals surface area contributed by atoms with E-state index >= 15 is 4.39 Å². The van der Waals surface area contributed by atoms with Gasteiger partial charge in [-0.05, 0) is 67.1 Å². The topological polar surface area (TPSA) is 117 Å². The van der Waals surface area contributed by atoms with Crippen molar-refractivity contribution in [2.24, 2.45) is 5.92 Å². The number of ether oxygens (including phenoxy) is 2. The minimum absolute atomic E-state index is 0.0428. The maximum atomic E-state index is 15.4. The first-order valence-electron chi connectivity index (χ1n) is 15.8. The molecule has 250 valence electrons. The minimum atomic E-state index is -4.10. The molecule has 0 radical (unpaired) electrons. The number of methoxy groups -OCH3 is 2. The molecule has 0 bridgehead atoms. The average Bonchev–Trinajstić information content (AvgIpc) is 3.72. The number of piperidine rings is 1. The number of aromatic nitrogens is 2. The van der Waals surface area contributed by atoms with E-state index in [2.05, 4.69) is 31.7 Å². The van der Waals surface area contributed by atoms with Crippen LogP contribution in [0.5, 0.6) is 0 Å². The minimum Gasteiger partial charge on any atom is -0.372 e. The van der Waals surface area contributed by atoms with E-state index in [4.69, 9.17) is 9.47 Å². The lowest BCUT2D eigenvalue weighted by Crippen LogP contribution is -2.39. The van der Waals surface area contributed by atoms with Crippen LogP contribution in [0.25, 0.3) is 22.2 Å². The highest BCUT2D eigenvalue weighted by Gasteiger charge is 2.33. The lowest BCUT2D eigenvalue weighted by molar-refractivity contribution is -0.141. The molecule has 4 heterocycles. The number of carbonyl (C=O) groups is 1. The molecule has 0 saturated carbocycles.